The number of halogens is 3. The summed E-state index contributed by atoms with van der Waals surface area (Å²) in [6.07, 6.45) is -4.38. The van der Waals surface area contributed by atoms with E-state index in [2.05, 4.69) is 22.2 Å². The fourth-order valence-electron chi connectivity index (χ4n) is 3.12. The third kappa shape index (κ3) is 4.81. The Hall–Kier alpha value is -4.05. The van der Waals surface area contributed by atoms with Gasteiger partial charge in [0.15, 0.2) is 0 Å². The van der Waals surface area contributed by atoms with E-state index in [1.54, 1.807) is 11.8 Å². The Morgan fingerprint density at radius 1 is 0.875 bits per heavy atom. The zero-order valence-electron chi connectivity index (χ0n) is 17.1. The molecule has 0 bridgehead atoms. The van der Waals surface area contributed by atoms with Crippen molar-refractivity contribution in [3.8, 4) is 28.8 Å². The molecule has 0 aliphatic heterocycles. The summed E-state index contributed by atoms with van der Waals surface area (Å²) in [5, 5.41) is 8.59. The molecule has 4 rings (SSSR count). The molecule has 0 saturated carbocycles. The van der Waals surface area contributed by atoms with Crippen molar-refractivity contribution in [3.63, 3.8) is 0 Å². The fraction of sp³-hybridized carbons (Fsp3) is 0.120. The molecule has 160 valence electrons. The van der Waals surface area contributed by atoms with Crippen molar-refractivity contribution in [2.45, 2.75) is 12.7 Å². The molecule has 0 radical (unpaired) electrons. The lowest BCUT2D eigenvalue weighted by Gasteiger charge is -2.06. The fourth-order valence-corrected chi connectivity index (χ4v) is 3.12. The molecule has 0 N–H and O–H groups in total. The maximum absolute atomic E-state index is 12.8. The first-order chi connectivity index (χ1) is 15.4. The monoisotopic (exact) mass is 433 g/mol. The van der Waals surface area contributed by atoms with Crippen molar-refractivity contribution >= 4 is 0 Å². The number of ether oxygens (including phenoxy) is 1. The van der Waals surface area contributed by atoms with Crippen molar-refractivity contribution < 1.29 is 17.9 Å². The van der Waals surface area contributed by atoms with Crippen LogP contribution in [0.1, 0.15) is 22.4 Å². The third-order valence-corrected chi connectivity index (χ3v) is 4.81. The molecule has 0 aliphatic rings. The summed E-state index contributed by atoms with van der Waals surface area (Å²) in [7, 11) is 1.59. The summed E-state index contributed by atoms with van der Waals surface area (Å²) >= 11 is 0. The second-order valence-electron chi connectivity index (χ2n) is 6.98. The molecular weight excluding hydrogens is 415 g/mol. The van der Waals surface area contributed by atoms with Crippen LogP contribution in [0, 0.1) is 11.8 Å². The topological polar surface area (TPSA) is 39.9 Å². The summed E-state index contributed by atoms with van der Waals surface area (Å²) in [6, 6.07) is 21.9. The lowest BCUT2D eigenvalue weighted by molar-refractivity contribution is -0.137. The van der Waals surface area contributed by atoms with Crippen LogP contribution in [0.3, 0.4) is 0 Å². The zero-order chi connectivity index (χ0) is 22.6. The van der Waals surface area contributed by atoms with Gasteiger partial charge >= 0.3 is 6.18 Å². The first-order valence-corrected chi connectivity index (χ1v) is 9.75. The van der Waals surface area contributed by atoms with Crippen molar-refractivity contribution in [3.05, 3.63) is 101 Å². The zero-order valence-corrected chi connectivity index (χ0v) is 17.1. The average molecular weight is 433 g/mol. The first kappa shape index (κ1) is 21.2. The highest BCUT2D eigenvalue weighted by molar-refractivity contribution is 5.66. The molecule has 32 heavy (non-hydrogen) atoms. The Morgan fingerprint density at radius 2 is 1.56 bits per heavy atom. The lowest BCUT2D eigenvalue weighted by atomic mass is 10.1. The molecule has 0 fully saturated rings. The highest BCUT2D eigenvalue weighted by atomic mass is 19.4. The van der Waals surface area contributed by atoms with Gasteiger partial charge in [-0.15, -0.1) is 5.10 Å². The second-order valence-corrected chi connectivity index (χ2v) is 6.98. The van der Waals surface area contributed by atoms with E-state index in [4.69, 9.17) is 4.74 Å². The van der Waals surface area contributed by atoms with Crippen molar-refractivity contribution in [2.75, 3.05) is 7.11 Å². The molecule has 0 saturated heterocycles. The van der Waals surface area contributed by atoms with Gasteiger partial charge < -0.3 is 4.74 Å². The molecule has 3 aromatic carbocycles. The molecule has 0 aliphatic carbocycles. The molecular formula is C25H18F3N3O. The predicted molar refractivity (Wildman–Crippen MR) is 115 cm³/mol. The number of aromatic nitrogens is 3. The van der Waals surface area contributed by atoms with Crippen LogP contribution in [0.5, 0.6) is 5.75 Å². The van der Waals surface area contributed by atoms with Crippen LogP contribution in [-0.2, 0) is 12.7 Å². The maximum atomic E-state index is 12.8. The summed E-state index contributed by atoms with van der Waals surface area (Å²) in [4.78, 5) is 0. The summed E-state index contributed by atoms with van der Waals surface area (Å²) in [5.41, 5.74) is 2.74. The van der Waals surface area contributed by atoms with Gasteiger partial charge in [-0.2, -0.15) is 13.2 Å². The van der Waals surface area contributed by atoms with E-state index in [1.807, 2.05) is 54.6 Å². The molecule has 0 atom stereocenters. The van der Waals surface area contributed by atoms with Gasteiger partial charge in [0.25, 0.3) is 0 Å². The first-order valence-electron chi connectivity index (χ1n) is 9.75. The smallest absolute Gasteiger partial charge is 0.416 e. The third-order valence-electron chi connectivity index (χ3n) is 4.81. The van der Waals surface area contributed by atoms with Gasteiger partial charge in [0.05, 0.1) is 19.2 Å². The van der Waals surface area contributed by atoms with Crippen LogP contribution < -0.4 is 4.74 Å². The minimum Gasteiger partial charge on any atom is -0.497 e. The summed E-state index contributed by atoms with van der Waals surface area (Å²) < 4.78 is 45.4. The minimum absolute atomic E-state index is 0.459. The Balaban J connectivity index is 1.72. The van der Waals surface area contributed by atoms with Crippen molar-refractivity contribution in [1.82, 2.24) is 15.0 Å². The van der Waals surface area contributed by atoms with Crippen LogP contribution >= 0.6 is 0 Å². The molecule has 1 aromatic heterocycles. The van der Waals surface area contributed by atoms with E-state index in [0.717, 1.165) is 23.3 Å². The molecule has 0 amide bonds. The maximum Gasteiger partial charge on any atom is 0.416 e. The van der Waals surface area contributed by atoms with Crippen molar-refractivity contribution in [2.24, 2.45) is 0 Å². The second kappa shape index (κ2) is 8.98. The molecule has 1 heterocycles. The van der Waals surface area contributed by atoms with E-state index >= 15 is 0 Å². The molecule has 0 unspecified atom stereocenters. The molecule has 4 aromatic rings. The van der Waals surface area contributed by atoms with E-state index in [0.29, 0.717) is 29.2 Å². The quantitative estimate of drug-likeness (QED) is 0.404. The average Bonchev–Trinajstić information content (AvgIpc) is 3.20. The van der Waals surface area contributed by atoms with Gasteiger partial charge in [-0.1, -0.05) is 41.5 Å². The Morgan fingerprint density at radius 3 is 2.19 bits per heavy atom. The van der Waals surface area contributed by atoms with Gasteiger partial charge in [-0.05, 0) is 60.0 Å². The number of nitrogens with zero attached hydrogens (tertiary/aromatic N) is 3. The Kier molecular flexibility index (Phi) is 5.95. The van der Waals surface area contributed by atoms with Crippen molar-refractivity contribution in [1.29, 1.82) is 0 Å². The van der Waals surface area contributed by atoms with E-state index in [9.17, 15) is 13.2 Å². The van der Waals surface area contributed by atoms with Gasteiger partial charge in [-0.25, -0.2) is 4.68 Å². The summed E-state index contributed by atoms with van der Waals surface area (Å²) in [6.45, 7) is 0.459. The van der Waals surface area contributed by atoms with Crippen LogP contribution in [0.2, 0.25) is 0 Å². The van der Waals surface area contributed by atoms with Crippen LogP contribution in [0.4, 0.5) is 13.2 Å². The SMILES string of the molecule is COc1ccc(-c2nnn(Cc3ccccc3)c2C#Cc2ccc(C(F)(F)F)cc2)cc1. The summed E-state index contributed by atoms with van der Waals surface area (Å²) in [5.74, 6) is 6.71. The number of hydrogen-bond acceptors (Lipinski definition) is 3. The van der Waals surface area contributed by atoms with Gasteiger partial charge in [0.1, 0.15) is 17.1 Å². The molecule has 7 heteroatoms. The van der Waals surface area contributed by atoms with E-state index in [-0.39, 0.29) is 0 Å². The van der Waals surface area contributed by atoms with Gasteiger partial charge in [0.2, 0.25) is 0 Å². The largest absolute Gasteiger partial charge is 0.497 e. The lowest BCUT2D eigenvalue weighted by Crippen LogP contribution is -2.05. The van der Waals surface area contributed by atoms with Crippen LogP contribution in [-0.4, -0.2) is 22.1 Å². The Labute approximate surface area is 183 Å². The van der Waals surface area contributed by atoms with E-state index < -0.39 is 11.7 Å². The molecule has 4 nitrogen and oxygen atoms in total. The number of hydrogen-bond donors (Lipinski definition) is 0. The van der Waals surface area contributed by atoms with Crippen LogP contribution in [0.15, 0.2) is 78.9 Å². The minimum atomic E-state index is -4.38. The molecule has 0 spiro atoms. The predicted octanol–water partition coefficient (Wildman–Crippen LogP) is 5.42. The van der Waals surface area contributed by atoms with E-state index in [1.165, 1.54) is 12.1 Å². The number of alkyl halides is 3. The number of benzene rings is 3. The number of rotatable bonds is 4. The highest BCUT2D eigenvalue weighted by Gasteiger charge is 2.29. The van der Waals surface area contributed by atoms with Gasteiger partial charge in [-0.3, -0.25) is 0 Å². The number of methoxy groups -OCH3 is 1. The van der Waals surface area contributed by atoms with Gasteiger partial charge in [0, 0.05) is 11.1 Å². The normalized spacial score (nSPS) is 11.0. The van der Waals surface area contributed by atoms with Crippen LogP contribution in [0.25, 0.3) is 11.3 Å². The Bertz CT molecular complexity index is 1250. The standard InChI is InChI=1S/C25H18F3N3O/c1-32-22-14-10-20(11-15-22)24-23(31(30-29-24)17-19-5-3-2-4-6-19)16-9-18-7-12-21(13-8-18)25(26,27)28/h2-8,10-15H,17H2,1H3. The highest BCUT2D eigenvalue weighted by Crippen LogP contribution is 2.29.